The number of hydrogen-bond donors (Lipinski definition) is 3. The number of nitrogens with zero attached hydrogens (tertiary/aromatic N) is 3. The van der Waals surface area contributed by atoms with E-state index in [2.05, 4.69) is 20.6 Å². The molecule has 0 saturated carbocycles. The molecule has 0 fully saturated rings. The summed E-state index contributed by atoms with van der Waals surface area (Å²) in [5, 5.41) is 14.9. The van der Waals surface area contributed by atoms with E-state index in [9.17, 15) is 4.79 Å². The number of carbonyl (C=O) groups is 1. The second-order valence-corrected chi connectivity index (χ2v) is 6.11. The lowest BCUT2D eigenvalue weighted by molar-refractivity contribution is 0.245. The molecule has 2 aromatic rings. The van der Waals surface area contributed by atoms with Gasteiger partial charge in [0.15, 0.2) is 0 Å². The topological polar surface area (TPSA) is 99.6 Å². The van der Waals surface area contributed by atoms with Crippen LogP contribution >= 0.6 is 0 Å². The van der Waals surface area contributed by atoms with E-state index in [1.165, 1.54) is 4.90 Å². The van der Waals surface area contributed by atoms with E-state index in [4.69, 9.17) is 9.84 Å². The summed E-state index contributed by atoms with van der Waals surface area (Å²) in [6, 6.07) is 8.72. The van der Waals surface area contributed by atoms with Crippen molar-refractivity contribution in [3.8, 4) is 5.75 Å². The Balaban J connectivity index is 2.33. The summed E-state index contributed by atoms with van der Waals surface area (Å²) in [6.45, 7) is 6.84. The molecule has 0 saturated heterocycles. The maximum atomic E-state index is 12.8. The Labute approximate surface area is 159 Å². The lowest BCUT2D eigenvalue weighted by atomic mass is 10.2. The van der Waals surface area contributed by atoms with E-state index in [1.54, 1.807) is 36.5 Å². The number of nitrogens with one attached hydrogen (secondary N) is 2. The number of benzene rings is 1. The number of carbonyl (C=O) groups excluding carboxylic acids is 1. The van der Waals surface area contributed by atoms with Crippen molar-refractivity contribution in [1.29, 1.82) is 0 Å². The van der Waals surface area contributed by atoms with Crippen LogP contribution in [0.15, 0.2) is 36.5 Å². The predicted octanol–water partition coefficient (Wildman–Crippen LogP) is 2.93. The Morgan fingerprint density at radius 2 is 2.00 bits per heavy atom. The molecule has 0 aliphatic rings. The summed E-state index contributed by atoms with van der Waals surface area (Å²) in [5.74, 6) is 1.62. The highest BCUT2D eigenvalue weighted by Crippen LogP contribution is 2.26. The van der Waals surface area contributed by atoms with Crippen LogP contribution in [0.3, 0.4) is 0 Å². The van der Waals surface area contributed by atoms with E-state index < -0.39 is 0 Å². The fraction of sp³-hybridized carbons (Fsp3) is 0.421. The quantitative estimate of drug-likeness (QED) is 0.585. The van der Waals surface area contributed by atoms with Crippen molar-refractivity contribution in [2.45, 2.75) is 33.2 Å². The van der Waals surface area contributed by atoms with Crippen LogP contribution in [0.1, 0.15) is 27.2 Å². The van der Waals surface area contributed by atoms with Crippen LogP contribution in [0.4, 0.5) is 22.2 Å². The Kier molecular flexibility index (Phi) is 7.81. The van der Waals surface area contributed by atoms with Gasteiger partial charge in [-0.2, -0.15) is 4.98 Å². The second kappa shape index (κ2) is 10.3. The molecule has 146 valence electrons. The van der Waals surface area contributed by atoms with Gasteiger partial charge in [-0.05, 0) is 51.5 Å². The van der Waals surface area contributed by atoms with Gasteiger partial charge in [0.1, 0.15) is 11.6 Å². The van der Waals surface area contributed by atoms with Crippen LogP contribution in [0.5, 0.6) is 5.75 Å². The third kappa shape index (κ3) is 6.10. The Hall–Kier alpha value is -2.87. The maximum Gasteiger partial charge on any atom is 0.327 e. The predicted molar refractivity (Wildman–Crippen MR) is 106 cm³/mol. The molecule has 27 heavy (non-hydrogen) atoms. The minimum atomic E-state index is -0.332. The van der Waals surface area contributed by atoms with Crippen molar-refractivity contribution in [3.63, 3.8) is 0 Å². The van der Waals surface area contributed by atoms with Crippen LogP contribution in [0.2, 0.25) is 0 Å². The van der Waals surface area contributed by atoms with Gasteiger partial charge >= 0.3 is 6.03 Å². The highest BCUT2D eigenvalue weighted by atomic mass is 16.5. The smallest absolute Gasteiger partial charge is 0.327 e. The monoisotopic (exact) mass is 373 g/mol. The fourth-order valence-corrected chi connectivity index (χ4v) is 2.37. The van der Waals surface area contributed by atoms with E-state index >= 15 is 0 Å². The van der Waals surface area contributed by atoms with Gasteiger partial charge in [-0.15, -0.1) is 0 Å². The minimum Gasteiger partial charge on any atom is -0.494 e. The van der Waals surface area contributed by atoms with Crippen molar-refractivity contribution in [2.24, 2.45) is 0 Å². The molecule has 0 spiro atoms. The third-order valence-electron chi connectivity index (χ3n) is 3.51. The highest BCUT2D eigenvalue weighted by molar-refractivity contribution is 5.98. The highest BCUT2D eigenvalue weighted by Gasteiger charge is 2.20. The Morgan fingerprint density at radius 1 is 1.26 bits per heavy atom. The molecular formula is C19H27N5O3. The number of urea groups is 1. The number of amides is 2. The lowest BCUT2D eigenvalue weighted by Crippen LogP contribution is -2.38. The van der Waals surface area contributed by atoms with Gasteiger partial charge in [-0.1, -0.05) is 0 Å². The molecule has 3 N–H and O–H groups in total. The third-order valence-corrected chi connectivity index (χ3v) is 3.51. The zero-order valence-corrected chi connectivity index (χ0v) is 16.0. The first kappa shape index (κ1) is 20.4. The molecule has 2 rings (SSSR count). The molecule has 1 heterocycles. The first-order valence-electron chi connectivity index (χ1n) is 9.06. The van der Waals surface area contributed by atoms with Crippen molar-refractivity contribution >= 4 is 23.5 Å². The molecule has 0 atom stereocenters. The van der Waals surface area contributed by atoms with Crippen LogP contribution in [-0.4, -0.2) is 46.9 Å². The van der Waals surface area contributed by atoms with E-state index in [0.29, 0.717) is 37.0 Å². The summed E-state index contributed by atoms with van der Waals surface area (Å²) in [5.41, 5.74) is 0.647. The van der Waals surface area contributed by atoms with E-state index in [-0.39, 0.29) is 18.7 Å². The number of aliphatic hydroxyl groups is 1. The number of aliphatic hydroxyl groups excluding tert-OH is 1. The molecule has 1 aromatic heterocycles. The average molecular weight is 373 g/mol. The molecule has 0 radical (unpaired) electrons. The normalized spacial score (nSPS) is 10.6. The summed E-state index contributed by atoms with van der Waals surface area (Å²) in [7, 11) is 0. The second-order valence-electron chi connectivity index (χ2n) is 6.11. The SMILES string of the molecule is CCOc1ccc(N(C(=O)NCCCO)c2ccnc(NC(C)C)n2)cc1. The van der Waals surface area contributed by atoms with Gasteiger partial charge in [-0.25, -0.2) is 14.7 Å². The van der Waals surface area contributed by atoms with Gasteiger partial charge in [0.2, 0.25) is 5.95 Å². The number of ether oxygens (including phenoxy) is 1. The van der Waals surface area contributed by atoms with Crippen molar-refractivity contribution in [1.82, 2.24) is 15.3 Å². The van der Waals surface area contributed by atoms with Crippen LogP contribution in [-0.2, 0) is 0 Å². The zero-order valence-electron chi connectivity index (χ0n) is 16.0. The van der Waals surface area contributed by atoms with Crippen LogP contribution < -0.4 is 20.3 Å². The van der Waals surface area contributed by atoms with Gasteiger partial charge in [0.05, 0.1) is 12.3 Å². The van der Waals surface area contributed by atoms with Gasteiger partial charge in [-0.3, -0.25) is 0 Å². The first-order valence-corrected chi connectivity index (χ1v) is 9.06. The number of hydrogen-bond acceptors (Lipinski definition) is 6. The van der Waals surface area contributed by atoms with E-state index in [0.717, 1.165) is 5.75 Å². The standard InChI is InChI=1S/C19H27N5O3/c1-4-27-16-8-6-15(7-9-16)24(19(26)21-11-5-13-25)17-10-12-20-18(23-17)22-14(2)3/h6-10,12,14,25H,4-5,11,13H2,1-3H3,(H,21,26)(H,20,22,23). The largest absolute Gasteiger partial charge is 0.494 e. The van der Waals surface area contributed by atoms with Gasteiger partial charge in [0.25, 0.3) is 0 Å². The molecule has 0 aliphatic carbocycles. The van der Waals surface area contributed by atoms with Crippen LogP contribution in [0.25, 0.3) is 0 Å². The molecule has 0 unspecified atom stereocenters. The fourth-order valence-electron chi connectivity index (χ4n) is 2.37. The maximum absolute atomic E-state index is 12.8. The van der Waals surface area contributed by atoms with Crippen molar-refractivity contribution in [2.75, 3.05) is 30.0 Å². The zero-order chi connectivity index (χ0) is 19.6. The minimum absolute atomic E-state index is 0.0132. The van der Waals surface area contributed by atoms with Crippen molar-refractivity contribution in [3.05, 3.63) is 36.5 Å². The molecule has 1 aromatic carbocycles. The van der Waals surface area contributed by atoms with Gasteiger partial charge in [0, 0.05) is 31.5 Å². The van der Waals surface area contributed by atoms with Crippen molar-refractivity contribution < 1.29 is 14.6 Å². The van der Waals surface area contributed by atoms with Gasteiger partial charge < -0.3 is 20.5 Å². The summed E-state index contributed by atoms with van der Waals surface area (Å²) < 4.78 is 5.47. The summed E-state index contributed by atoms with van der Waals surface area (Å²) in [4.78, 5) is 22.9. The molecular weight excluding hydrogens is 346 g/mol. The summed E-state index contributed by atoms with van der Waals surface area (Å²) in [6.07, 6.45) is 2.09. The first-order chi connectivity index (χ1) is 13.0. The summed E-state index contributed by atoms with van der Waals surface area (Å²) >= 11 is 0. The molecule has 0 aliphatic heterocycles. The Bertz CT molecular complexity index is 722. The molecule has 0 bridgehead atoms. The van der Waals surface area contributed by atoms with E-state index in [1.807, 2.05) is 20.8 Å². The number of rotatable bonds is 9. The number of aromatic nitrogens is 2. The molecule has 8 nitrogen and oxygen atoms in total. The average Bonchev–Trinajstić information content (AvgIpc) is 2.64. The number of anilines is 3. The molecule has 8 heteroatoms. The lowest BCUT2D eigenvalue weighted by Gasteiger charge is -2.23. The Morgan fingerprint density at radius 3 is 2.63 bits per heavy atom. The van der Waals surface area contributed by atoms with Crippen LogP contribution in [0, 0.1) is 0 Å². The molecule has 2 amide bonds.